The van der Waals surface area contributed by atoms with Gasteiger partial charge < -0.3 is 47.8 Å². The van der Waals surface area contributed by atoms with Crippen LogP contribution >= 0.6 is 0 Å². The fourth-order valence-electron chi connectivity index (χ4n) is 2.39. The average Bonchev–Trinajstić information content (AvgIpc) is 2.67. The fourth-order valence-corrected chi connectivity index (χ4v) is 2.39. The van der Waals surface area contributed by atoms with Crippen molar-refractivity contribution < 1.29 is 54.0 Å². The van der Waals surface area contributed by atoms with Gasteiger partial charge in [-0.1, -0.05) is 0 Å². The van der Waals surface area contributed by atoms with Gasteiger partial charge >= 0.3 is 17.9 Å². The van der Waals surface area contributed by atoms with E-state index in [0.29, 0.717) is 0 Å². The average molecular weight is 477 g/mol. The molecular weight excluding hydrogens is 450 g/mol. The van der Waals surface area contributed by atoms with Gasteiger partial charge in [0.25, 0.3) is 0 Å². The summed E-state index contributed by atoms with van der Waals surface area (Å²) in [6.45, 7) is 1.04. The monoisotopic (exact) mass is 477 g/mol. The number of rotatable bonds is 15. The van der Waals surface area contributed by atoms with Gasteiger partial charge in [0.2, 0.25) is 23.6 Å². The Morgan fingerprint density at radius 1 is 0.788 bits per heavy atom. The minimum absolute atomic E-state index is 0.193. The van der Waals surface area contributed by atoms with Crippen LogP contribution in [0.15, 0.2) is 0 Å². The third-order valence-corrected chi connectivity index (χ3v) is 4.11. The largest absolute Gasteiger partial charge is 0.481 e. The summed E-state index contributed by atoms with van der Waals surface area (Å²) in [6.07, 6.45) is -4.03. The van der Waals surface area contributed by atoms with Crippen LogP contribution in [0.25, 0.3) is 0 Å². The van der Waals surface area contributed by atoms with Crippen molar-refractivity contribution in [2.45, 2.75) is 62.9 Å². The van der Waals surface area contributed by atoms with E-state index in [0.717, 1.165) is 6.92 Å². The third kappa shape index (κ3) is 11.4. The first kappa shape index (κ1) is 29.2. The summed E-state index contributed by atoms with van der Waals surface area (Å²) >= 11 is 0. The number of nitrogens with one attached hydrogen (secondary N) is 3. The predicted molar refractivity (Wildman–Crippen MR) is 106 cm³/mol. The number of aliphatic carboxylic acids is 3. The second-order valence-corrected chi connectivity index (χ2v) is 6.99. The van der Waals surface area contributed by atoms with E-state index in [4.69, 9.17) is 26.8 Å². The first-order valence-corrected chi connectivity index (χ1v) is 9.45. The number of aliphatic hydroxyl groups excluding tert-OH is 1. The molecule has 186 valence electrons. The van der Waals surface area contributed by atoms with Crippen molar-refractivity contribution in [3.05, 3.63) is 0 Å². The quantitative estimate of drug-likeness (QED) is 0.108. The molecule has 0 aromatic heterocycles. The molecule has 0 saturated carbocycles. The molecule has 0 bridgehead atoms. The topological polar surface area (TPSA) is 289 Å². The summed E-state index contributed by atoms with van der Waals surface area (Å²) in [6, 6.07) is -6.79. The Balaban J connectivity index is 5.43. The van der Waals surface area contributed by atoms with E-state index < -0.39 is 84.6 Å². The second kappa shape index (κ2) is 13.6. The predicted octanol–water partition coefficient (Wildman–Crippen LogP) is -4.55. The molecule has 0 rings (SSSR count). The molecule has 16 nitrogen and oxygen atoms in total. The molecule has 0 heterocycles. The zero-order valence-electron chi connectivity index (χ0n) is 17.5. The molecule has 0 spiro atoms. The second-order valence-electron chi connectivity index (χ2n) is 6.99. The van der Waals surface area contributed by atoms with E-state index in [1.807, 2.05) is 16.0 Å². The number of nitrogens with two attached hydrogens (primary N) is 2. The van der Waals surface area contributed by atoms with Crippen molar-refractivity contribution >= 4 is 41.5 Å². The van der Waals surface area contributed by atoms with E-state index >= 15 is 0 Å². The van der Waals surface area contributed by atoms with Crippen LogP contribution in [-0.4, -0.2) is 92.2 Å². The molecule has 4 amide bonds. The number of carbonyl (C=O) groups is 7. The molecule has 5 atom stereocenters. The van der Waals surface area contributed by atoms with Crippen molar-refractivity contribution in [1.82, 2.24) is 16.0 Å². The van der Waals surface area contributed by atoms with Gasteiger partial charge in [-0.05, 0) is 13.3 Å². The van der Waals surface area contributed by atoms with Crippen LogP contribution in [-0.2, 0) is 33.6 Å². The highest BCUT2D eigenvalue weighted by Crippen LogP contribution is 2.03. The summed E-state index contributed by atoms with van der Waals surface area (Å²) in [5.41, 5.74) is 10.5. The number of carboxylic acid groups (broad SMARTS) is 3. The van der Waals surface area contributed by atoms with Crippen molar-refractivity contribution in [2.24, 2.45) is 11.5 Å². The minimum atomic E-state index is -1.88. The number of hydrogen-bond acceptors (Lipinski definition) is 9. The molecule has 0 fully saturated rings. The first-order chi connectivity index (χ1) is 15.1. The Labute approximate surface area is 186 Å². The standard InChI is InChI=1S/C17H27N5O11/c1-6(23)13(16(31)21-9(17(32)33)5-12(27)28)22-15(30)8(4-11(25)26)20-14(29)7(18)2-3-10(19)24/h6-9,13,23H,2-5,18H2,1H3,(H2,19,24)(H,20,29)(H,21,31)(H,22,30)(H,25,26)(H,27,28)(H,32,33). The Bertz CT molecular complexity index is 785. The van der Waals surface area contributed by atoms with E-state index in [2.05, 4.69) is 0 Å². The Hall–Kier alpha value is -3.79. The smallest absolute Gasteiger partial charge is 0.326 e. The SMILES string of the molecule is CC(O)C(NC(=O)C(CC(=O)O)NC(=O)C(N)CCC(N)=O)C(=O)NC(CC(=O)O)C(=O)O. The van der Waals surface area contributed by atoms with Gasteiger partial charge in [-0.3, -0.25) is 28.8 Å². The molecular formula is C17H27N5O11. The van der Waals surface area contributed by atoms with Crippen LogP contribution in [0, 0.1) is 0 Å². The summed E-state index contributed by atoms with van der Waals surface area (Å²) in [5.74, 6) is -9.01. The zero-order valence-corrected chi connectivity index (χ0v) is 17.5. The van der Waals surface area contributed by atoms with Crippen LogP contribution in [0.2, 0.25) is 0 Å². The normalized spacial score (nSPS) is 15.1. The highest BCUT2D eigenvalue weighted by atomic mass is 16.4. The molecule has 16 heteroatoms. The van der Waals surface area contributed by atoms with Gasteiger partial charge in [0.05, 0.1) is 25.0 Å². The van der Waals surface area contributed by atoms with Crippen molar-refractivity contribution in [1.29, 1.82) is 0 Å². The summed E-state index contributed by atoms with van der Waals surface area (Å²) in [5, 5.41) is 42.4. The molecule has 0 aliphatic rings. The summed E-state index contributed by atoms with van der Waals surface area (Å²) in [7, 11) is 0. The lowest BCUT2D eigenvalue weighted by molar-refractivity contribution is -0.148. The highest BCUT2D eigenvalue weighted by Gasteiger charge is 2.34. The van der Waals surface area contributed by atoms with Gasteiger partial charge in [0.1, 0.15) is 18.1 Å². The number of carboxylic acids is 3. The van der Waals surface area contributed by atoms with E-state index in [-0.39, 0.29) is 12.8 Å². The van der Waals surface area contributed by atoms with Crippen LogP contribution < -0.4 is 27.4 Å². The molecule has 0 aromatic carbocycles. The Morgan fingerprint density at radius 2 is 1.27 bits per heavy atom. The van der Waals surface area contributed by atoms with E-state index in [1.54, 1.807) is 0 Å². The van der Waals surface area contributed by atoms with Crippen molar-refractivity contribution in [3.8, 4) is 0 Å². The lowest BCUT2D eigenvalue weighted by atomic mass is 10.1. The fraction of sp³-hybridized carbons (Fsp3) is 0.588. The summed E-state index contributed by atoms with van der Waals surface area (Å²) in [4.78, 5) is 80.7. The Kier molecular flexibility index (Phi) is 12.0. The number of hydrogen-bond donors (Lipinski definition) is 9. The van der Waals surface area contributed by atoms with Gasteiger partial charge in [-0.15, -0.1) is 0 Å². The van der Waals surface area contributed by atoms with Gasteiger partial charge in [-0.2, -0.15) is 0 Å². The molecule has 0 aliphatic carbocycles. The minimum Gasteiger partial charge on any atom is -0.481 e. The molecule has 11 N–H and O–H groups in total. The number of aliphatic hydroxyl groups is 1. The maximum absolute atomic E-state index is 12.5. The molecule has 33 heavy (non-hydrogen) atoms. The van der Waals surface area contributed by atoms with Crippen molar-refractivity contribution in [3.63, 3.8) is 0 Å². The van der Waals surface area contributed by atoms with Crippen LogP contribution in [0.3, 0.4) is 0 Å². The van der Waals surface area contributed by atoms with Gasteiger partial charge in [-0.25, -0.2) is 4.79 Å². The number of amides is 4. The van der Waals surface area contributed by atoms with Crippen molar-refractivity contribution in [2.75, 3.05) is 0 Å². The lowest BCUT2D eigenvalue weighted by Gasteiger charge is -2.25. The maximum atomic E-state index is 12.5. The molecule has 0 radical (unpaired) electrons. The molecule has 0 aromatic rings. The summed E-state index contributed by atoms with van der Waals surface area (Å²) < 4.78 is 0. The number of primary amides is 1. The number of carbonyl (C=O) groups excluding carboxylic acids is 4. The maximum Gasteiger partial charge on any atom is 0.326 e. The van der Waals surface area contributed by atoms with Crippen LogP contribution in [0.4, 0.5) is 0 Å². The first-order valence-electron chi connectivity index (χ1n) is 9.45. The lowest BCUT2D eigenvalue weighted by Crippen LogP contribution is -2.60. The van der Waals surface area contributed by atoms with Crippen LogP contribution in [0.5, 0.6) is 0 Å². The molecule has 0 saturated heterocycles. The van der Waals surface area contributed by atoms with Crippen LogP contribution in [0.1, 0.15) is 32.6 Å². The van der Waals surface area contributed by atoms with Gasteiger partial charge in [0, 0.05) is 6.42 Å². The highest BCUT2D eigenvalue weighted by molar-refractivity contribution is 5.96. The zero-order chi connectivity index (χ0) is 25.9. The molecule has 5 unspecified atom stereocenters. The van der Waals surface area contributed by atoms with E-state index in [9.17, 15) is 38.7 Å². The van der Waals surface area contributed by atoms with E-state index in [1.165, 1.54) is 0 Å². The third-order valence-electron chi connectivity index (χ3n) is 4.11. The Morgan fingerprint density at radius 3 is 1.70 bits per heavy atom. The van der Waals surface area contributed by atoms with Gasteiger partial charge in [0.15, 0.2) is 0 Å². The molecule has 0 aliphatic heterocycles.